The third-order valence-electron chi connectivity index (χ3n) is 2.52. The first kappa shape index (κ1) is 14.3. The lowest BCUT2D eigenvalue weighted by molar-refractivity contribution is 0.431. The number of benzene rings is 1. The number of phenols is 1. The minimum atomic E-state index is -0.608. The van der Waals surface area contributed by atoms with Crippen molar-refractivity contribution in [3.8, 4) is 5.75 Å². The summed E-state index contributed by atoms with van der Waals surface area (Å²) < 4.78 is 13.1. The summed E-state index contributed by atoms with van der Waals surface area (Å²) in [5.41, 5.74) is 0.753. The molecule has 0 atom stereocenters. The minimum absolute atomic E-state index is 0.329. The fourth-order valence-electron chi connectivity index (χ4n) is 1.45. The summed E-state index contributed by atoms with van der Waals surface area (Å²) in [4.78, 5) is 4.07. The van der Waals surface area contributed by atoms with Gasteiger partial charge >= 0.3 is 0 Å². The van der Waals surface area contributed by atoms with Crippen LogP contribution in [0.4, 0.5) is 4.39 Å². The second kappa shape index (κ2) is 7.53. The number of nitrogens with zero attached hydrogens (tertiary/aromatic N) is 1. The molecule has 0 radical (unpaired) electrons. The molecular formula is C13H20FN3O. The highest BCUT2D eigenvalue weighted by Gasteiger charge is 2.02. The molecule has 0 spiro atoms. The standard InChI is InChI=1S/C13H20FN3O/c1-3-4-7-16-13(15-2)17-9-10-5-6-12(18)11(14)8-10/h5-6,8,18H,3-4,7,9H2,1-2H3,(H2,15,16,17). The van der Waals surface area contributed by atoms with E-state index in [0.29, 0.717) is 12.5 Å². The van der Waals surface area contributed by atoms with Gasteiger partial charge < -0.3 is 15.7 Å². The topological polar surface area (TPSA) is 56.7 Å². The van der Waals surface area contributed by atoms with E-state index in [1.165, 1.54) is 12.1 Å². The maximum absolute atomic E-state index is 13.1. The SMILES string of the molecule is CCCCNC(=NC)NCc1ccc(O)c(F)c1. The average Bonchev–Trinajstić information content (AvgIpc) is 2.37. The summed E-state index contributed by atoms with van der Waals surface area (Å²) in [6.45, 7) is 3.44. The Labute approximate surface area is 107 Å². The van der Waals surface area contributed by atoms with Crippen LogP contribution in [-0.2, 0) is 6.54 Å². The first-order valence-electron chi connectivity index (χ1n) is 6.09. The Morgan fingerprint density at radius 1 is 1.39 bits per heavy atom. The molecule has 1 aromatic carbocycles. The van der Waals surface area contributed by atoms with Crippen LogP contribution in [0.25, 0.3) is 0 Å². The Balaban J connectivity index is 2.45. The van der Waals surface area contributed by atoms with Crippen LogP contribution in [0.1, 0.15) is 25.3 Å². The molecule has 0 amide bonds. The van der Waals surface area contributed by atoms with Crippen molar-refractivity contribution in [1.29, 1.82) is 0 Å². The van der Waals surface area contributed by atoms with E-state index in [9.17, 15) is 4.39 Å². The van der Waals surface area contributed by atoms with Crippen LogP contribution in [-0.4, -0.2) is 24.7 Å². The number of hydrogen-bond acceptors (Lipinski definition) is 2. The zero-order chi connectivity index (χ0) is 13.4. The van der Waals surface area contributed by atoms with Crippen molar-refractivity contribution >= 4 is 5.96 Å². The summed E-state index contributed by atoms with van der Waals surface area (Å²) in [5.74, 6) is -0.246. The molecular weight excluding hydrogens is 233 g/mol. The molecule has 0 aliphatic carbocycles. The third kappa shape index (κ3) is 4.61. The van der Waals surface area contributed by atoms with Crippen molar-refractivity contribution in [2.75, 3.05) is 13.6 Å². The lowest BCUT2D eigenvalue weighted by Crippen LogP contribution is -2.37. The number of aromatic hydroxyl groups is 1. The molecule has 4 nitrogen and oxygen atoms in total. The molecule has 100 valence electrons. The molecule has 0 saturated heterocycles. The predicted octanol–water partition coefficient (Wildman–Crippen LogP) is 2.00. The van der Waals surface area contributed by atoms with Crippen molar-refractivity contribution in [2.45, 2.75) is 26.3 Å². The van der Waals surface area contributed by atoms with Crippen molar-refractivity contribution in [1.82, 2.24) is 10.6 Å². The first-order valence-corrected chi connectivity index (χ1v) is 6.09. The Hall–Kier alpha value is -1.78. The van der Waals surface area contributed by atoms with Gasteiger partial charge in [0.1, 0.15) is 0 Å². The van der Waals surface area contributed by atoms with Crippen molar-refractivity contribution in [3.63, 3.8) is 0 Å². The summed E-state index contributed by atoms with van der Waals surface area (Å²) >= 11 is 0. The molecule has 0 aliphatic heterocycles. The maximum Gasteiger partial charge on any atom is 0.191 e. The molecule has 18 heavy (non-hydrogen) atoms. The number of halogens is 1. The molecule has 1 aromatic rings. The van der Waals surface area contributed by atoms with Crippen LogP contribution in [0.3, 0.4) is 0 Å². The smallest absolute Gasteiger partial charge is 0.191 e. The molecule has 0 unspecified atom stereocenters. The zero-order valence-corrected chi connectivity index (χ0v) is 10.8. The van der Waals surface area contributed by atoms with Gasteiger partial charge in [0, 0.05) is 20.1 Å². The summed E-state index contributed by atoms with van der Waals surface area (Å²) in [7, 11) is 1.69. The summed E-state index contributed by atoms with van der Waals surface area (Å²) in [6.07, 6.45) is 2.20. The summed E-state index contributed by atoms with van der Waals surface area (Å²) in [5, 5.41) is 15.3. The molecule has 0 aliphatic rings. The van der Waals surface area contributed by atoms with Gasteiger partial charge in [0.05, 0.1) is 0 Å². The monoisotopic (exact) mass is 253 g/mol. The average molecular weight is 253 g/mol. The zero-order valence-electron chi connectivity index (χ0n) is 10.8. The molecule has 0 saturated carbocycles. The fourth-order valence-corrected chi connectivity index (χ4v) is 1.45. The number of phenolic OH excluding ortho intramolecular Hbond substituents is 1. The van der Waals surface area contributed by atoms with Crippen molar-refractivity contribution in [2.24, 2.45) is 4.99 Å². The van der Waals surface area contributed by atoms with Gasteiger partial charge in [-0.3, -0.25) is 4.99 Å². The van der Waals surface area contributed by atoms with E-state index in [-0.39, 0.29) is 5.75 Å². The van der Waals surface area contributed by atoms with Gasteiger partial charge in [0.15, 0.2) is 17.5 Å². The van der Waals surface area contributed by atoms with Gasteiger partial charge in [-0.05, 0) is 24.1 Å². The molecule has 0 fully saturated rings. The Kier molecular flexibility index (Phi) is 5.97. The molecule has 0 heterocycles. The lowest BCUT2D eigenvalue weighted by atomic mass is 10.2. The Morgan fingerprint density at radius 3 is 2.78 bits per heavy atom. The molecule has 3 N–H and O–H groups in total. The van der Waals surface area contributed by atoms with E-state index >= 15 is 0 Å². The molecule has 5 heteroatoms. The number of guanidine groups is 1. The number of hydrogen-bond donors (Lipinski definition) is 3. The van der Waals surface area contributed by atoms with Gasteiger partial charge in [-0.15, -0.1) is 0 Å². The largest absolute Gasteiger partial charge is 0.505 e. The van der Waals surface area contributed by atoms with Gasteiger partial charge in [-0.1, -0.05) is 19.4 Å². The number of aliphatic imine (C=N–C) groups is 1. The van der Waals surface area contributed by atoms with E-state index in [2.05, 4.69) is 22.5 Å². The van der Waals surface area contributed by atoms with E-state index in [1.54, 1.807) is 13.1 Å². The molecule has 0 aromatic heterocycles. The van der Waals surface area contributed by atoms with Gasteiger partial charge in [0.25, 0.3) is 0 Å². The predicted molar refractivity (Wildman–Crippen MR) is 71.2 cm³/mol. The van der Waals surface area contributed by atoms with Crippen molar-refractivity contribution < 1.29 is 9.50 Å². The molecule has 1 rings (SSSR count). The Bertz CT molecular complexity index is 407. The molecule has 0 bridgehead atoms. The van der Waals surface area contributed by atoms with Gasteiger partial charge in [0.2, 0.25) is 0 Å². The van der Waals surface area contributed by atoms with E-state index < -0.39 is 5.82 Å². The van der Waals surface area contributed by atoms with Crippen LogP contribution < -0.4 is 10.6 Å². The van der Waals surface area contributed by atoms with Crippen LogP contribution in [0.2, 0.25) is 0 Å². The fraction of sp³-hybridized carbons (Fsp3) is 0.462. The van der Waals surface area contributed by atoms with E-state index in [4.69, 9.17) is 5.11 Å². The Morgan fingerprint density at radius 2 is 2.17 bits per heavy atom. The highest BCUT2D eigenvalue weighted by molar-refractivity contribution is 5.79. The number of nitrogens with one attached hydrogen (secondary N) is 2. The number of rotatable bonds is 5. The van der Waals surface area contributed by atoms with Crippen LogP contribution in [0.15, 0.2) is 23.2 Å². The van der Waals surface area contributed by atoms with E-state index in [1.807, 2.05) is 0 Å². The second-order valence-electron chi connectivity index (χ2n) is 3.99. The quantitative estimate of drug-likeness (QED) is 0.427. The van der Waals surface area contributed by atoms with E-state index in [0.717, 1.165) is 24.9 Å². The highest BCUT2D eigenvalue weighted by Crippen LogP contribution is 2.15. The number of unbranched alkanes of at least 4 members (excludes halogenated alkanes) is 1. The van der Waals surface area contributed by atoms with Crippen molar-refractivity contribution in [3.05, 3.63) is 29.6 Å². The van der Waals surface area contributed by atoms with Crippen LogP contribution >= 0.6 is 0 Å². The van der Waals surface area contributed by atoms with Gasteiger partial charge in [-0.2, -0.15) is 0 Å². The lowest BCUT2D eigenvalue weighted by Gasteiger charge is -2.11. The second-order valence-corrected chi connectivity index (χ2v) is 3.99. The normalized spacial score (nSPS) is 11.4. The van der Waals surface area contributed by atoms with Gasteiger partial charge in [-0.25, -0.2) is 4.39 Å². The first-order chi connectivity index (χ1) is 8.67. The maximum atomic E-state index is 13.1. The van der Waals surface area contributed by atoms with Crippen LogP contribution in [0.5, 0.6) is 5.75 Å². The summed E-state index contributed by atoms with van der Waals surface area (Å²) in [6, 6.07) is 4.33. The third-order valence-corrected chi connectivity index (χ3v) is 2.52. The highest BCUT2D eigenvalue weighted by atomic mass is 19.1. The minimum Gasteiger partial charge on any atom is -0.505 e. The van der Waals surface area contributed by atoms with Crippen LogP contribution in [0, 0.1) is 5.82 Å².